The Kier molecular flexibility index (Phi) is 8.12. The maximum absolute atomic E-state index is 12.7. The number of carbonyl (C=O) groups is 1. The predicted octanol–water partition coefficient (Wildman–Crippen LogP) is 5.23. The van der Waals surface area contributed by atoms with Crippen LogP contribution in [0.3, 0.4) is 0 Å². The molecule has 34 heavy (non-hydrogen) atoms. The zero-order valence-electron chi connectivity index (χ0n) is 19.3. The molecule has 7 heteroatoms. The first-order valence-electron chi connectivity index (χ1n) is 11.2. The van der Waals surface area contributed by atoms with Crippen molar-refractivity contribution in [2.24, 2.45) is 0 Å². The van der Waals surface area contributed by atoms with E-state index >= 15 is 0 Å². The van der Waals surface area contributed by atoms with Gasteiger partial charge in [-0.1, -0.05) is 96.7 Å². The monoisotopic (exact) mass is 472 g/mol. The summed E-state index contributed by atoms with van der Waals surface area (Å²) in [6, 6.07) is 28.4. The van der Waals surface area contributed by atoms with Crippen molar-refractivity contribution >= 4 is 17.7 Å². The van der Waals surface area contributed by atoms with Crippen LogP contribution < -0.4 is 5.32 Å². The van der Waals surface area contributed by atoms with Crippen LogP contribution in [-0.2, 0) is 16.1 Å². The van der Waals surface area contributed by atoms with Crippen molar-refractivity contribution in [3.05, 3.63) is 90.5 Å². The molecule has 1 amide bonds. The van der Waals surface area contributed by atoms with E-state index in [1.807, 2.05) is 60.0 Å². The highest BCUT2D eigenvalue weighted by molar-refractivity contribution is 7.99. The third kappa shape index (κ3) is 5.92. The van der Waals surface area contributed by atoms with Crippen LogP contribution in [0.1, 0.15) is 18.5 Å². The number of carbonyl (C=O) groups excluding carboxylic acids is 1. The minimum atomic E-state index is -0.0934. The normalized spacial score (nSPS) is 11.8. The van der Waals surface area contributed by atoms with Crippen molar-refractivity contribution in [3.63, 3.8) is 0 Å². The molecule has 0 spiro atoms. The first-order chi connectivity index (χ1) is 16.7. The van der Waals surface area contributed by atoms with E-state index < -0.39 is 0 Å². The quantitative estimate of drug-likeness (QED) is 0.320. The van der Waals surface area contributed by atoms with Crippen LogP contribution in [0.4, 0.5) is 0 Å². The number of hydrogen-bond donors (Lipinski definition) is 1. The topological polar surface area (TPSA) is 69.0 Å². The van der Waals surface area contributed by atoms with E-state index in [0.717, 1.165) is 22.5 Å². The molecule has 0 unspecified atom stereocenters. The van der Waals surface area contributed by atoms with Crippen molar-refractivity contribution in [2.45, 2.75) is 24.7 Å². The van der Waals surface area contributed by atoms with Crippen molar-refractivity contribution in [1.82, 2.24) is 20.1 Å². The maximum atomic E-state index is 12.7. The number of thioether (sulfide) groups is 1. The average molecular weight is 473 g/mol. The molecule has 0 saturated carbocycles. The summed E-state index contributed by atoms with van der Waals surface area (Å²) in [4.78, 5) is 12.7. The third-order valence-corrected chi connectivity index (χ3v) is 6.46. The van der Waals surface area contributed by atoms with Crippen LogP contribution in [0.15, 0.2) is 90.1 Å². The molecule has 4 rings (SSSR count). The van der Waals surface area contributed by atoms with Crippen LogP contribution in [0.25, 0.3) is 22.5 Å². The second-order valence-electron chi connectivity index (χ2n) is 7.88. The highest BCUT2D eigenvalue weighted by Gasteiger charge is 2.16. The van der Waals surface area contributed by atoms with Gasteiger partial charge in [-0.25, -0.2) is 0 Å². The second-order valence-corrected chi connectivity index (χ2v) is 8.83. The average Bonchev–Trinajstić information content (AvgIpc) is 3.30. The molecule has 0 aliphatic rings. The van der Waals surface area contributed by atoms with Crippen molar-refractivity contribution < 1.29 is 9.53 Å². The van der Waals surface area contributed by atoms with Gasteiger partial charge in [-0.05, 0) is 23.6 Å². The lowest BCUT2D eigenvalue weighted by Gasteiger charge is -2.15. The van der Waals surface area contributed by atoms with Crippen LogP contribution >= 0.6 is 11.8 Å². The molecule has 3 aromatic carbocycles. The largest absolute Gasteiger partial charge is 0.383 e. The molecule has 1 N–H and O–H groups in total. The highest BCUT2D eigenvalue weighted by Crippen LogP contribution is 2.25. The number of nitrogens with zero attached hydrogens (tertiary/aromatic N) is 3. The number of aromatic nitrogens is 3. The third-order valence-electron chi connectivity index (χ3n) is 5.50. The second kappa shape index (κ2) is 11.6. The van der Waals surface area contributed by atoms with E-state index in [4.69, 9.17) is 4.74 Å². The minimum absolute atomic E-state index is 0.0489. The summed E-state index contributed by atoms with van der Waals surface area (Å²) in [7, 11) is 1.67. The molecule has 1 atom stereocenters. The number of nitrogens with one attached hydrogen (secondary N) is 1. The van der Waals surface area contributed by atoms with E-state index in [-0.39, 0.29) is 17.7 Å². The molecule has 0 aliphatic carbocycles. The molecule has 1 heterocycles. The minimum Gasteiger partial charge on any atom is -0.383 e. The summed E-state index contributed by atoms with van der Waals surface area (Å²) >= 11 is 1.38. The SMILES string of the molecule is COCCn1c(SCC(=O)N[C@@H](C)c2ccc(-c3ccccc3)cc2)nnc1-c1ccccc1. The molecule has 6 nitrogen and oxygen atoms in total. The van der Waals surface area contributed by atoms with E-state index in [0.29, 0.717) is 18.3 Å². The predicted molar refractivity (Wildman–Crippen MR) is 136 cm³/mol. The zero-order chi connectivity index (χ0) is 23.8. The fraction of sp³-hybridized carbons (Fsp3) is 0.222. The van der Waals surface area contributed by atoms with Gasteiger partial charge in [0.1, 0.15) is 0 Å². The number of hydrogen-bond acceptors (Lipinski definition) is 5. The van der Waals surface area contributed by atoms with Crippen LogP contribution in [-0.4, -0.2) is 40.1 Å². The van der Waals surface area contributed by atoms with E-state index in [1.54, 1.807) is 7.11 Å². The number of rotatable bonds is 10. The van der Waals surface area contributed by atoms with Crippen molar-refractivity contribution in [2.75, 3.05) is 19.5 Å². The fourth-order valence-electron chi connectivity index (χ4n) is 3.67. The van der Waals surface area contributed by atoms with Crippen LogP contribution in [0.5, 0.6) is 0 Å². The number of amides is 1. The summed E-state index contributed by atoms with van der Waals surface area (Å²) in [5, 5.41) is 12.5. The maximum Gasteiger partial charge on any atom is 0.230 e. The van der Waals surface area contributed by atoms with Gasteiger partial charge in [0, 0.05) is 12.7 Å². The smallest absolute Gasteiger partial charge is 0.230 e. The molecule has 0 saturated heterocycles. The Morgan fingerprint density at radius 1 is 0.912 bits per heavy atom. The first-order valence-corrected chi connectivity index (χ1v) is 12.2. The van der Waals surface area contributed by atoms with Gasteiger partial charge in [0.05, 0.1) is 24.9 Å². The Morgan fingerprint density at radius 3 is 2.18 bits per heavy atom. The van der Waals surface area contributed by atoms with Gasteiger partial charge in [-0.3, -0.25) is 9.36 Å². The standard InChI is InChI=1S/C27H28N4O2S/c1-20(21-13-15-23(16-14-21)22-9-5-3-6-10-22)28-25(32)19-34-27-30-29-26(31(27)17-18-33-2)24-11-7-4-8-12-24/h3-16,20H,17-19H2,1-2H3,(H,28,32)/t20-/m0/s1. The van der Waals surface area contributed by atoms with Gasteiger partial charge in [-0.2, -0.15) is 0 Å². The molecular weight excluding hydrogens is 444 g/mol. The number of ether oxygens (including phenoxy) is 1. The van der Waals surface area contributed by atoms with E-state index in [2.05, 4.69) is 51.9 Å². The number of methoxy groups -OCH3 is 1. The Bertz CT molecular complexity index is 1190. The summed E-state index contributed by atoms with van der Waals surface area (Å²) in [6.07, 6.45) is 0. The van der Waals surface area contributed by atoms with Gasteiger partial charge in [0.15, 0.2) is 11.0 Å². The summed E-state index contributed by atoms with van der Waals surface area (Å²) in [6.45, 7) is 3.14. The van der Waals surface area contributed by atoms with Gasteiger partial charge in [-0.15, -0.1) is 10.2 Å². The molecule has 0 aliphatic heterocycles. The van der Waals surface area contributed by atoms with E-state index in [1.165, 1.54) is 17.3 Å². The Labute approximate surface area is 204 Å². The summed E-state index contributed by atoms with van der Waals surface area (Å²) in [5.41, 5.74) is 4.38. The highest BCUT2D eigenvalue weighted by atomic mass is 32.2. The molecule has 0 bridgehead atoms. The fourth-order valence-corrected chi connectivity index (χ4v) is 4.45. The zero-order valence-corrected chi connectivity index (χ0v) is 20.2. The number of benzene rings is 3. The summed E-state index contributed by atoms with van der Waals surface area (Å²) in [5.74, 6) is 0.978. The molecule has 174 valence electrons. The Morgan fingerprint density at radius 2 is 1.53 bits per heavy atom. The van der Waals surface area contributed by atoms with Crippen molar-refractivity contribution in [3.8, 4) is 22.5 Å². The van der Waals surface area contributed by atoms with E-state index in [9.17, 15) is 4.79 Å². The van der Waals surface area contributed by atoms with Gasteiger partial charge in [0.25, 0.3) is 0 Å². The lowest BCUT2D eigenvalue weighted by atomic mass is 10.0. The summed E-state index contributed by atoms with van der Waals surface area (Å²) < 4.78 is 7.26. The van der Waals surface area contributed by atoms with Gasteiger partial charge in [0.2, 0.25) is 5.91 Å². The molecule has 0 fully saturated rings. The lowest BCUT2D eigenvalue weighted by molar-refractivity contribution is -0.119. The Hall–Kier alpha value is -3.42. The molecule has 0 radical (unpaired) electrons. The van der Waals surface area contributed by atoms with Crippen molar-refractivity contribution in [1.29, 1.82) is 0 Å². The van der Waals surface area contributed by atoms with Crippen LogP contribution in [0.2, 0.25) is 0 Å². The lowest BCUT2D eigenvalue weighted by Crippen LogP contribution is -2.28. The molecular formula is C27H28N4O2S. The molecule has 1 aromatic heterocycles. The first kappa shape index (κ1) is 23.7. The van der Waals surface area contributed by atoms with Gasteiger partial charge < -0.3 is 10.1 Å². The molecule has 4 aromatic rings. The van der Waals surface area contributed by atoms with Gasteiger partial charge >= 0.3 is 0 Å². The Balaban J connectivity index is 1.37. The van der Waals surface area contributed by atoms with Crippen LogP contribution in [0, 0.1) is 0 Å².